The van der Waals surface area contributed by atoms with Crippen LogP contribution >= 0.6 is 11.6 Å². The van der Waals surface area contributed by atoms with E-state index in [0.717, 1.165) is 10.5 Å². The summed E-state index contributed by atoms with van der Waals surface area (Å²) >= 11 is 6.18. The fraction of sp³-hybridized carbons (Fsp3) is 0.148. The first-order valence-electron chi connectivity index (χ1n) is 10.9. The molecule has 7 heteroatoms. The second-order valence-electron chi connectivity index (χ2n) is 8.30. The molecule has 0 aliphatic carbocycles. The van der Waals surface area contributed by atoms with Crippen LogP contribution in [0.2, 0.25) is 0 Å². The Morgan fingerprint density at radius 2 is 1.47 bits per heavy atom. The molecular formula is C27H24ClN3O3. The van der Waals surface area contributed by atoms with Gasteiger partial charge in [0.05, 0.1) is 6.54 Å². The molecule has 2 N–H and O–H groups in total. The van der Waals surface area contributed by atoms with Crippen molar-refractivity contribution >= 4 is 40.7 Å². The number of nitrogens with one attached hydrogen (secondary N) is 2. The number of carbonyl (C=O) groups is 3. The molecule has 172 valence electrons. The van der Waals surface area contributed by atoms with Gasteiger partial charge in [0.2, 0.25) is 0 Å². The summed E-state index contributed by atoms with van der Waals surface area (Å²) in [5.74, 6) is -0.869. The molecule has 3 aromatic carbocycles. The molecule has 4 rings (SSSR count). The fourth-order valence-corrected chi connectivity index (χ4v) is 3.80. The minimum Gasteiger partial charge on any atom is -0.350 e. The largest absolute Gasteiger partial charge is 0.350 e. The number of benzene rings is 3. The van der Waals surface area contributed by atoms with E-state index in [-0.39, 0.29) is 23.2 Å². The average Bonchev–Trinajstić information content (AvgIpc) is 3.04. The summed E-state index contributed by atoms with van der Waals surface area (Å²) in [7, 11) is 0. The third kappa shape index (κ3) is 5.02. The molecule has 1 heterocycles. The summed E-state index contributed by atoms with van der Waals surface area (Å²) in [6, 6.07) is 23.5. The standard InChI is InChI=1S/C27H24ClN3O3/c1-17(2)19-8-12-22(13-9-19)30-25(32)20-10-14-21(15-11-20)29-24-23(28)26(33)31(27(24)34)16-18-6-4-3-5-7-18/h3-15,17,29H,16H2,1-2H3,(H,30,32). The first-order chi connectivity index (χ1) is 16.3. The highest BCUT2D eigenvalue weighted by Gasteiger charge is 2.37. The van der Waals surface area contributed by atoms with E-state index in [2.05, 4.69) is 24.5 Å². The van der Waals surface area contributed by atoms with Gasteiger partial charge in [-0.2, -0.15) is 0 Å². The van der Waals surface area contributed by atoms with Gasteiger partial charge >= 0.3 is 0 Å². The lowest BCUT2D eigenvalue weighted by molar-refractivity contribution is -0.138. The molecule has 1 aliphatic heterocycles. The normalized spacial score (nSPS) is 13.6. The Labute approximate surface area is 203 Å². The minimum atomic E-state index is -0.544. The Morgan fingerprint density at radius 3 is 2.09 bits per heavy atom. The number of imide groups is 1. The van der Waals surface area contributed by atoms with Gasteiger partial charge in [0.1, 0.15) is 10.7 Å². The summed E-state index contributed by atoms with van der Waals surface area (Å²) < 4.78 is 0. The summed E-state index contributed by atoms with van der Waals surface area (Å²) in [6.45, 7) is 4.36. The lowest BCUT2D eigenvalue weighted by Crippen LogP contribution is -2.31. The average molecular weight is 474 g/mol. The van der Waals surface area contributed by atoms with Crippen LogP contribution in [0.5, 0.6) is 0 Å². The minimum absolute atomic E-state index is 0.0186. The molecule has 0 saturated carbocycles. The van der Waals surface area contributed by atoms with Crippen molar-refractivity contribution in [3.05, 3.63) is 106 Å². The smallest absolute Gasteiger partial charge is 0.279 e. The maximum Gasteiger partial charge on any atom is 0.279 e. The van der Waals surface area contributed by atoms with E-state index >= 15 is 0 Å². The number of rotatable bonds is 7. The van der Waals surface area contributed by atoms with Gasteiger partial charge in [-0.25, -0.2) is 0 Å². The van der Waals surface area contributed by atoms with Crippen LogP contribution < -0.4 is 10.6 Å². The van der Waals surface area contributed by atoms with E-state index in [1.54, 1.807) is 24.3 Å². The van der Waals surface area contributed by atoms with Crippen LogP contribution in [0.1, 0.15) is 41.3 Å². The van der Waals surface area contributed by atoms with Crippen LogP contribution in [0, 0.1) is 0 Å². The van der Waals surface area contributed by atoms with Crippen molar-refractivity contribution in [2.75, 3.05) is 10.6 Å². The number of halogens is 1. The van der Waals surface area contributed by atoms with E-state index in [1.807, 2.05) is 54.6 Å². The van der Waals surface area contributed by atoms with Crippen LogP contribution in [-0.2, 0) is 16.1 Å². The Hall–Kier alpha value is -3.90. The van der Waals surface area contributed by atoms with Crippen molar-refractivity contribution in [3.8, 4) is 0 Å². The van der Waals surface area contributed by atoms with Gasteiger partial charge in [0.15, 0.2) is 0 Å². The van der Waals surface area contributed by atoms with Gasteiger partial charge in [-0.1, -0.05) is 67.9 Å². The Balaban J connectivity index is 1.41. The molecule has 0 unspecified atom stereocenters. The topological polar surface area (TPSA) is 78.5 Å². The van der Waals surface area contributed by atoms with Crippen molar-refractivity contribution < 1.29 is 14.4 Å². The Morgan fingerprint density at radius 1 is 0.853 bits per heavy atom. The van der Waals surface area contributed by atoms with Crippen molar-refractivity contribution in [3.63, 3.8) is 0 Å². The zero-order valence-corrected chi connectivity index (χ0v) is 19.6. The van der Waals surface area contributed by atoms with Crippen molar-refractivity contribution in [1.29, 1.82) is 0 Å². The number of hydrogen-bond acceptors (Lipinski definition) is 4. The van der Waals surface area contributed by atoms with Gasteiger partial charge in [0.25, 0.3) is 17.7 Å². The van der Waals surface area contributed by atoms with Crippen LogP contribution in [0.4, 0.5) is 11.4 Å². The number of hydrogen-bond donors (Lipinski definition) is 2. The molecule has 0 radical (unpaired) electrons. The summed E-state index contributed by atoms with van der Waals surface area (Å²) in [5, 5.41) is 5.63. The highest BCUT2D eigenvalue weighted by Crippen LogP contribution is 2.27. The highest BCUT2D eigenvalue weighted by molar-refractivity contribution is 6.48. The second kappa shape index (κ2) is 9.93. The van der Waals surface area contributed by atoms with Gasteiger partial charge in [-0.05, 0) is 53.4 Å². The molecule has 0 spiro atoms. The van der Waals surface area contributed by atoms with E-state index in [4.69, 9.17) is 11.6 Å². The lowest BCUT2D eigenvalue weighted by Gasteiger charge is -2.15. The zero-order valence-electron chi connectivity index (χ0n) is 18.8. The number of carbonyl (C=O) groups excluding carboxylic acids is 3. The zero-order chi connectivity index (χ0) is 24.2. The molecule has 1 aliphatic rings. The van der Waals surface area contributed by atoms with E-state index in [0.29, 0.717) is 22.9 Å². The first kappa shape index (κ1) is 23.3. The van der Waals surface area contributed by atoms with Crippen molar-refractivity contribution in [1.82, 2.24) is 4.90 Å². The van der Waals surface area contributed by atoms with Gasteiger partial charge < -0.3 is 10.6 Å². The first-order valence-corrected chi connectivity index (χ1v) is 11.3. The number of amides is 3. The molecule has 3 amide bonds. The SMILES string of the molecule is CC(C)c1ccc(NC(=O)c2ccc(NC3=C(Cl)C(=O)N(Cc4ccccc4)C3=O)cc2)cc1. The summed E-state index contributed by atoms with van der Waals surface area (Å²) in [5.41, 5.74) is 3.74. The molecule has 0 fully saturated rings. The molecular weight excluding hydrogens is 450 g/mol. The summed E-state index contributed by atoms with van der Waals surface area (Å²) in [6.07, 6.45) is 0. The van der Waals surface area contributed by atoms with Crippen molar-refractivity contribution in [2.24, 2.45) is 0 Å². The maximum absolute atomic E-state index is 12.8. The van der Waals surface area contributed by atoms with E-state index in [1.165, 1.54) is 5.56 Å². The van der Waals surface area contributed by atoms with Gasteiger partial charge in [-0.15, -0.1) is 0 Å². The van der Waals surface area contributed by atoms with Crippen LogP contribution in [0.15, 0.2) is 89.6 Å². The molecule has 0 aromatic heterocycles. The van der Waals surface area contributed by atoms with Crippen LogP contribution in [-0.4, -0.2) is 22.6 Å². The lowest BCUT2D eigenvalue weighted by atomic mass is 10.0. The number of anilines is 2. The molecule has 3 aromatic rings. The molecule has 6 nitrogen and oxygen atoms in total. The maximum atomic E-state index is 12.8. The second-order valence-corrected chi connectivity index (χ2v) is 8.68. The van der Waals surface area contributed by atoms with E-state index < -0.39 is 11.8 Å². The van der Waals surface area contributed by atoms with Crippen molar-refractivity contribution in [2.45, 2.75) is 26.3 Å². The third-order valence-corrected chi connectivity index (χ3v) is 5.90. The van der Waals surface area contributed by atoms with Crippen LogP contribution in [0.3, 0.4) is 0 Å². The molecule has 0 atom stereocenters. The molecule has 0 bridgehead atoms. The highest BCUT2D eigenvalue weighted by atomic mass is 35.5. The predicted octanol–water partition coefficient (Wildman–Crippen LogP) is 5.49. The quantitative estimate of drug-likeness (QED) is 0.444. The monoisotopic (exact) mass is 473 g/mol. The third-order valence-electron chi connectivity index (χ3n) is 5.55. The molecule has 0 saturated heterocycles. The van der Waals surface area contributed by atoms with E-state index in [9.17, 15) is 14.4 Å². The fourth-order valence-electron chi connectivity index (χ4n) is 3.57. The molecule has 34 heavy (non-hydrogen) atoms. The Kier molecular flexibility index (Phi) is 6.80. The predicted molar refractivity (Wildman–Crippen MR) is 133 cm³/mol. The van der Waals surface area contributed by atoms with Crippen LogP contribution in [0.25, 0.3) is 0 Å². The van der Waals surface area contributed by atoms with Gasteiger partial charge in [0, 0.05) is 16.9 Å². The van der Waals surface area contributed by atoms with Gasteiger partial charge in [-0.3, -0.25) is 19.3 Å². The summed E-state index contributed by atoms with van der Waals surface area (Å²) in [4.78, 5) is 39.0. The Bertz CT molecular complexity index is 1250. The number of nitrogens with zero attached hydrogens (tertiary/aromatic N) is 1.